The Labute approximate surface area is 204 Å². The summed E-state index contributed by atoms with van der Waals surface area (Å²) < 4.78 is 80.7. The summed E-state index contributed by atoms with van der Waals surface area (Å²) in [6.07, 6.45) is -7.54. The van der Waals surface area contributed by atoms with E-state index in [9.17, 15) is 35.9 Å². The fourth-order valence-electron chi connectivity index (χ4n) is 3.54. The first-order valence-electron chi connectivity index (χ1n) is 10.5. The number of benzene rings is 1. The molecule has 37 heavy (non-hydrogen) atoms. The topological polar surface area (TPSA) is 116 Å². The van der Waals surface area contributed by atoms with Crippen molar-refractivity contribution in [3.8, 4) is 5.82 Å². The van der Waals surface area contributed by atoms with Gasteiger partial charge in [-0.3, -0.25) is 14.2 Å². The summed E-state index contributed by atoms with van der Waals surface area (Å²) in [6, 6.07) is 5.63. The Morgan fingerprint density at radius 3 is 2.14 bits per heavy atom. The minimum Gasteiger partial charge on any atom is -0.366 e. The maximum absolute atomic E-state index is 13.2. The Balaban J connectivity index is 1.74. The summed E-state index contributed by atoms with van der Waals surface area (Å²) in [5.74, 6) is -1.55. The van der Waals surface area contributed by atoms with Crippen LogP contribution in [0.2, 0.25) is 0 Å². The van der Waals surface area contributed by atoms with Gasteiger partial charge in [-0.1, -0.05) is 0 Å². The van der Waals surface area contributed by atoms with Gasteiger partial charge in [0.2, 0.25) is 5.91 Å². The highest BCUT2D eigenvalue weighted by Gasteiger charge is 2.37. The number of primary amides is 1. The fraction of sp³-hybridized carbons (Fsp3) is 0.174. The van der Waals surface area contributed by atoms with E-state index in [2.05, 4.69) is 20.3 Å². The molecule has 8 nitrogen and oxygen atoms in total. The first-order valence-corrected chi connectivity index (χ1v) is 10.5. The van der Waals surface area contributed by atoms with Crippen molar-refractivity contribution in [2.75, 3.05) is 0 Å². The van der Waals surface area contributed by atoms with Crippen LogP contribution in [0.1, 0.15) is 50.6 Å². The Hall–Kier alpha value is -4.49. The molecule has 4 rings (SSSR count). The number of imidazole rings is 1. The second kappa shape index (κ2) is 9.19. The summed E-state index contributed by atoms with van der Waals surface area (Å²) >= 11 is 0. The lowest BCUT2D eigenvalue weighted by Crippen LogP contribution is -2.29. The normalized spacial score (nSPS) is 12.9. The van der Waals surface area contributed by atoms with Crippen LogP contribution >= 0.6 is 0 Å². The lowest BCUT2D eigenvalue weighted by atomic mass is 10.0. The number of aromatic nitrogens is 4. The minimum absolute atomic E-state index is 0.0628. The number of pyridine rings is 2. The van der Waals surface area contributed by atoms with Gasteiger partial charge in [0, 0.05) is 18.0 Å². The van der Waals surface area contributed by atoms with E-state index in [0.29, 0.717) is 23.3 Å². The molecule has 0 aliphatic heterocycles. The second-order valence-corrected chi connectivity index (χ2v) is 7.91. The summed E-state index contributed by atoms with van der Waals surface area (Å²) in [7, 11) is 0. The Bertz CT molecular complexity index is 1460. The van der Waals surface area contributed by atoms with Crippen molar-refractivity contribution in [2.24, 2.45) is 5.73 Å². The number of carbonyl (C=O) groups is 2. The van der Waals surface area contributed by atoms with Crippen LogP contribution in [-0.2, 0) is 12.4 Å². The van der Waals surface area contributed by atoms with Gasteiger partial charge in [-0.25, -0.2) is 15.0 Å². The van der Waals surface area contributed by atoms with Gasteiger partial charge in [0.25, 0.3) is 5.91 Å². The molecule has 0 fully saturated rings. The maximum atomic E-state index is 13.2. The lowest BCUT2D eigenvalue weighted by molar-refractivity contribution is -0.143. The molecule has 0 saturated carbocycles. The van der Waals surface area contributed by atoms with Crippen molar-refractivity contribution in [1.82, 2.24) is 24.8 Å². The van der Waals surface area contributed by atoms with Gasteiger partial charge in [-0.15, -0.1) is 0 Å². The van der Waals surface area contributed by atoms with E-state index in [1.54, 1.807) is 12.1 Å². The Kier molecular flexibility index (Phi) is 6.35. The molecule has 0 spiro atoms. The first-order chi connectivity index (χ1) is 17.3. The molecule has 0 saturated heterocycles. The Morgan fingerprint density at radius 2 is 1.59 bits per heavy atom. The van der Waals surface area contributed by atoms with Gasteiger partial charge >= 0.3 is 12.4 Å². The van der Waals surface area contributed by atoms with Crippen LogP contribution in [0.25, 0.3) is 17.0 Å². The van der Waals surface area contributed by atoms with Crippen LogP contribution < -0.4 is 11.1 Å². The number of nitrogens with two attached hydrogens (primary N) is 1. The number of amides is 2. The zero-order valence-corrected chi connectivity index (χ0v) is 18.7. The average molecular weight is 522 g/mol. The highest BCUT2D eigenvalue weighted by molar-refractivity contribution is 5.95. The second-order valence-electron chi connectivity index (χ2n) is 7.91. The molecular formula is C23H16F6N6O2. The van der Waals surface area contributed by atoms with E-state index in [0.717, 1.165) is 0 Å². The van der Waals surface area contributed by atoms with Crippen LogP contribution in [0.4, 0.5) is 26.3 Å². The number of hydrogen-bond acceptors (Lipinski definition) is 5. The molecule has 3 aromatic heterocycles. The van der Waals surface area contributed by atoms with Gasteiger partial charge in [0.1, 0.15) is 17.2 Å². The van der Waals surface area contributed by atoms with Gasteiger partial charge < -0.3 is 11.1 Å². The molecular weight excluding hydrogens is 506 g/mol. The number of hydrogen-bond donors (Lipinski definition) is 2. The van der Waals surface area contributed by atoms with E-state index < -0.39 is 46.9 Å². The summed E-state index contributed by atoms with van der Waals surface area (Å²) in [5, 5.41) is 2.38. The van der Waals surface area contributed by atoms with E-state index in [1.807, 2.05) is 0 Å². The number of alkyl halides is 6. The summed E-state index contributed by atoms with van der Waals surface area (Å²) in [6.45, 7) is 1.44. The predicted octanol–water partition coefficient (Wildman–Crippen LogP) is 4.44. The van der Waals surface area contributed by atoms with E-state index in [-0.39, 0.29) is 23.3 Å². The molecule has 3 heterocycles. The Morgan fingerprint density at radius 1 is 0.946 bits per heavy atom. The van der Waals surface area contributed by atoms with Gasteiger partial charge in [-0.2, -0.15) is 26.3 Å². The van der Waals surface area contributed by atoms with E-state index in [4.69, 9.17) is 5.73 Å². The summed E-state index contributed by atoms with van der Waals surface area (Å²) in [5.41, 5.74) is 1.97. The number of fused-ring (bicyclic) bond motifs is 1. The zero-order chi connectivity index (χ0) is 27.1. The molecule has 0 aliphatic rings. The third kappa shape index (κ3) is 5.22. The lowest BCUT2D eigenvalue weighted by Gasteiger charge is -2.17. The van der Waals surface area contributed by atoms with Crippen molar-refractivity contribution >= 4 is 23.0 Å². The molecule has 192 valence electrons. The standard InChI is InChI=1S/C23H16F6N6O2/c1-11(33-21(37)13-7-14(22(24,25)26)9-15(8-13)23(27,28)29)19-34-16-3-2-6-31-20(16)35(19)17-5-4-12(10-32-17)18(30)36/h2-11H,1H3,(H2,30,36)(H,33,37). The number of rotatable bonds is 5. The quantitative estimate of drug-likeness (QED) is 0.376. The van der Waals surface area contributed by atoms with E-state index in [1.165, 1.54) is 36.0 Å². The number of halogens is 6. The predicted molar refractivity (Wildman–Crippen MR) is 118 cm³/mol. The molecule has 1 aromatic carbocycles. The summed E-state index contributed by atoms with van der Waals surface area (Å²) in [4.78, 5) is 37.0. The van der Waals surface area contributed by atoms with Gasteiger partial charge in [0.05, 0.1) is 22.7 Å². The van der Waals surface area contributed by atoms with Gasteiger partial charge in [-0.05, 0) is 49.4 Å². The van der Waals surface area contributed by atoms with Crippen LogP contribution in [0, 0.1) is 0 Å². The monoisotopic (exact) mass is 522 g/mol. The van der Waals surface area contributed by atoms with Crippen LogP contribution in [0.3, 0.4) is 0 Å². The molecule has 14 heteroatoms. The number of nitrogens with zero attached hydrogens (tertiary/aromatic N) is 4. The molecule has 3 N–H and O–H groups in total. The van der Waals surface area contributed by atoms with Crippen LogP contribution in [0.15, 0.2) is 54.9 Å². The number of carbonyl (C=O) groups excluding carboxylic acids is 2. The third-order valence-electron chi connectivity index (χ3n) is 5.29. The smallest absolute Gasteiger partial charge is 0.366 e. The number of nitrogens with one attached hydrogen (secondary N) is 1. The van der Waals surface area contributed by atoms with Gasteiger partial charge in [0.15, 0.2) is 5.65 Å². The largest absolute Gasteiger partial charge is 0.416 e. The molecule has 1 unspecified atom stereocenters. The first kappa shape index (κ1) is 25.6. The van der Waals surface area contributed by atoms with Crippen molar-refractivity contribution in [2.45, 2.75) is 25.3 Å². The minimum atomic E-state index is -5.11. The van der Waals surface area contributed by atoms with Crippen molar-refractivity contribution < 1.29 is 35.9 Å². The van der Waals surface area contributed by atoms with Crippen LogP contribution in [0.5, 0.6) is 0 Å². The van der Waals surface area contributed by atoms with Crippen LogP contribution in [-0.4, -0.2) is 31.3 Å². The molecule has 2 amide bonds. The zero-order valence-electron chi connectivity index (χ0n) is 18.7. The van der Waals surface area contributed by atoms with Crippen molar-refractivity contribution in [3.05, 3.63) is 82.9 Å². The highest BCUT2D eigenvalue weighted by atomic mass is 19.4. The SMILES string of the molecule is CC(NC(=O)c1cc(C(F)(F)F)cc(C(F)(F)F)c1)c1nc2cccnc2n1-c1ccc(C(N)=O)cn1. The molecule has 1 atom stereocenters. The molecule has 0 aliphatic carbocycles. The maximum Gasteiger partial charge on any atom is 0.416 e. The van der Waals surface area contributed by atoms with Crippen molar-refractivity contribution in [1.29, 1.82) is 0 Å². The molecule has 0 bridgehead atoms. The molecule has 0 radical (unpaired) electrons. The van der Waals surface area contributed by atoms with E-state index >= 15 is 0 Å². The molecule has 4 aromatic rings. The third-order valence-corrected chi connectivity index (χ3v) is 5.29. The average Bonchev–Trinajstić information content (AvgIpc) is 3.22. The highest BCUT2D eigenvalue weighted by Crippen LogP contribution is 2.36. The van der Waals surface area contributed by atoms with Crippen molar-refractivity contribution in [3.63, 3.8) is 0 Å². The fourth-order valence-corrected chi connectivity index (χ4v) is 3.54.